The summed E-state index contributed by atoms with van der Waals surface area (Å²) < 4.78 is 26.8. The predicted molar refractivity (Wildman–Crippen MR) is 58.7 cm³/mol. The van der Waals surface area contributed by atoms with E-state index in [9.17, 15) is 8.78 Å². The summed E-state index contributed by atoms with van der Waals surface area (Å²) in [6, 6.07) is 6.51. The summed E-state index contributed by atoms with van der Waals surface area (Å²) in [4.78, 5) is 0. The average Bonchev–Trinajstić information content (AvgIpc) is 2.46. The lowest BCUT2D eigenvalue weighted by Gasteiger charge is -2.20. The van der Waals surface area contributed by atoms with Gasteiger partial charge in [-0.25, -0.2) is 8.78 Å². The van der Waals surface area contributed by atoms with Crippen molar-refractivity contribution < 1.29 is 8.78 Å². The van der Waals surface area contributed by atoms with Crippen LogP contribution in [0.15, 0.2) is 24.3 Å². The van der Waals surface area contributed by atoms with E-state index in [1.807, 2.05) is 19.1 Å². The molecule has 15 heavy (non-hydrogen) atoms. The third-order valence-corrected chi connectivity index (χ3v) is 2.73. The lowest BCUT2D eigenvalue weighted by Crippen LogP contribution is -2.27. The molecular weight excluding hydrogens is 220 g/mol. The summed E-state index contributed by atoms with van der Waals surface area (Å²) in [7, 11) is 0. The maximum Gasteiger partial charge on any atom is 0.268 e. The van der Waals surface area contributed by atoms with Crippen LogP contribution >= 0.6 is 12.4 Å². The van der Waals surface area contributed by atoms with Gasteiger partial charge in [-0.15, -0.1) is 12.4 Å². The van der Waals surface area contributed by atoms with Crippen LogP contribution in [-0.2, 0) is 0 Å². The Morgan fingerprint density at radius 1 is 1.33 bits per heavy atom. The fourth-order valence-electron chi connectivity index (χ4n) is 1.92. The Labute approximate surface area is 94.3 Å². The van der Waals surface area contributed by atoms with E-state index in [0.29, 0.717) is 6.54 Å². The van der Waals surface area contributed by atoms with Gasteiger partial charge in [0, 0.05) is 13.0 Å². The van der Waals surface area contributed by atoms with Crippen LogP contribution in [0.25, 0.3) is 0 Å². The molecule has 2 rings (SSSR count). The van der Waals surface area contributed by atoms with Gasteiger partial charge in [0.25, 0.3) is 5.92 Å². The van der Waals surface area contributed by atoms with Gasteiger partial charge in [0.05, 0.1) is 6.04 Å². The monoisotopic (exact) mass is 233 g/mol. The topological polar surface area (TPSA) is 12.0 Å². The number of rotatable bonds is 1. The SMILES string of the molecule is Cc1ccccc1C1NCCC1(F)F.Cl. The molecule has 0 aromatic heterocycles. The molecule has 1 aromatic carbocycles. The van der Waals surface area contributed by atoms with Gasteiger partial charge in [0.1, 0.15) is 0 Å². The predicted octanol–water partition coefficient (Wildman–Crippen LogP) is 3.09. The number of alkyl halides is 2. The number of hydrogen-bond acceptors (Lipinski definition) is 1. The van der Waals surface area contributed by atoms with E-state index in [1.54, 1.807) is 12.1 Å². The van der Waals surface area contributed by atoms with Crippen molar-refractivity contribution in [3.05, 3.63) is 35.4 Å². The van der Waals surface area contributed by atoms with Crippen LogP contribution in [0.4, 0.5) is 8.78 Å². The summed E-state index contributed by atoms with van der Waals surface area (Å²) in [5, 5.41) is 2.85. The first-order chi connectivity index (χ1) is 6.61. The molecule has 1 nitrogen and oxygen atoms in total. The summed E-state index contributed by atoms with van der Waals surface area (Å²) in [5.74, 6) is -2.61. The highest BCUT2D eigenvalue weighted by Crippen LogP contribution is 2.39. The molecule has 1 fully saturated rings. The number of benzene rings is 1. The average molecular weight is 234 g/mol. The van der Waals surface area contributed by atoms with Crippen molar-refractivity contribution in [1.82, 2.24) is 5.32 Å². The molecule has 1 atom stereocenters. The van der Waals surface area contributed by atoms with E-state index in [0.717, 1.165) is 11.1 Å². The molecule has 1 heterocycles. The van der Waals surface area contributed by atoms with Gasteiger partial charge >= 0.3 is 0 Å². The lowest BCUT2D eigenvalue weighted by molar-refractivity contribution is -0.0118. The first-order valence-corrected chi connectivity index (χ1v) is 4.78. The number of aryl methyl sites for hydroxylation is 1. The Bertz CT molecular complexity index is 341. The van der Waals surface area contributed by atoms with Crippen molar-refractivity contribution in [3.63, 3.8) is 0 Å². The summed E-state index contributed by atoms with van der Waals surface area (Å²) in [6.45, 7) is 2.26. The smallest absolute Gasteiger partial charge is 0.268 e. The first kappa shape index (κ1) is 12.4. The summed E-state index contributed by atoms with van der Waals surface area (Å²) >= 11 is 0. The van der Waals surface area contributed by atoms with Crippen LogP contribution in [-0.4, -0.2) is 12.5 Å². The molecule has 1 unspecified atom stereocenters. The van der Waals surface area contributed by atoms with Crippen LogP contribution in [0.3, 0.4) is 0 Å². The number of halogens is 3. The molecule has 4 heteroatoms. The van der Waals surface area contributed by atoms with E-state index < -0.39 is 12.0 Å². The van der Waals surface area contributed by atoms with Gasteiger partial charge in [-0.1, -0.05) is 24.3 Å². The molecule has 0 amide bonds. The van der Waals surface area contributed by atoms with Gasteiger partial charge in [0.2, 0.25) is 0 Å². The third-order valence-electron chi connectivity index (χ3n) is 2.73. The van der Waals surface area contributed by atoms with Crippen molar-refractivity contribution in [2.24, 2.45) is 0 Å². The Kier molecular flexibility index (Phi) is 3.68. The second-order valence-corrected chi connectivity index (χ2v) is 3.75. The lowest BCUT2D eigenvalue weighted by atomic mass is 9.98. The van der Waals surface area contributed by atoms with E-state index in [-0.39, 0.29) is 18.8 Å². The maximum atomic E-state index is 13.4. The minimum Gasteiger partial charge on any atom is -0.305 e. The second-order valence-electron chi connectivity index (χ2n) is 3.75. The van der Waals surface area contributed by atoms with Crippen molar-refractivity contribution in [2.45, 2.75) is 25.3 Å². The van der Waals surface area contributed by atoms with Crippen LogP contribution in [0.2, 0.25) is 0 Å². The third kappa shape index (κ3) is 2.29. The minimum atomic E-state index is -2.61. The van der Waals surface area contributed by atoms with Crippen molar-refractivity contribution in [2.75, 3.05) is 6.54 Å². The normalized spacial score (nSPS) is 23.5. The molecule has 84 valence electrons. The number of hydrogen-bond donors (Lipinski definition) is 1. The fraction of sp³-hybridized carbons (Fsp3) is 0.455. The Hall–Kier alpha value is -0.670. The van der Waals surface area contributed by atoms with E-state index in [4.69, 9.17) is 0 Å². The summed E-state index contributed by atoms with van der Waals surface area (Å²) in [5.41, 5.74) is 1.64. The van der Waals surface area contributed by atoms with Gasteiger partial charge in [-0.2, -0.15) is 0 Å². The highest BCUT2D eigenvalue weighted by molar-refractivity contribution is 5.85. The molecule has 1 aromatic rings. The zero-order valence-corrected chi connectivity index (χ0v) is 9.28. The van der Waals surface area contributed by atoms with E-state index in [1.165, 1.54) is 0 Å². The summed E-state index contributed by atoms with van der Waals surface area (Å²) in [6.07, 6.45) is -0.0635. The van der Waals surface area contributed by atoms with Gasteiger partial charge in [-0.05, 0) is 18.1 Å². The van der Waals surface area contributed by atoms with E-state index in [2.05, 4.69) is 5.32 Å². The molecule has 0 saturated carbocycles. The molecule has 1 saturated heterocycles. The highest BCUT2D eigenvalue weighted by atomic mass is 35.5. The zero-order valence-electron chi connectivity index (χ0n) is 8.47. The highest BCUT2D eigenvalue weighted by Gasteiger charge is 2.44. The number of nitrogens with one attached hydrogen (secondary N) is 1. The molecular formula is C11H14ClF2N. The van der Waals surface area contributed by atoms with Crippen LogP contribution in [0.1, 0.15) is 23.6 Å². The molecule has 0 aliphatic carbocycles. The van der Waals surface area contributed by atoms with Crippen LogP contribution in [0, 0.1) is 6.92 Å². The van der Waals surface area contributed by atoms with Crippen molar-refractivity contribution in [3.8, 4) is 0 Å². The minimum absolute atomic E-state index is 0. The Balaban J connectivity index is 0.00000112. The first-order valence-electron chi connectivity index (χ1n) is 4.78. The van der Waals surface area contributed by atoms with Crippen molar-refractivity contribution in [1.29, 1.82) is 0 Å². The Morgan fingerprint density at radius 2 is 2.00 bits per heavy atom. The maximum absolute atomic E-state index is 13.4. The van der Waals surface area contributed by atoms with E-state index >= 15 is 0 Å². The fourth-order valence-corrected chi connectivity index (χ4v) is 1.92. The van der Waals surface area contributed by atoms with Crippen molar-refractivity contribution >= 4 is 12.4 Å². The molecule has 1 aliphatic rings. The molecule has 1 aliphatic heterocycles. The zero-order chi connectivity index (χ0) is 10.2. The Morgan fingerprint density at radius 3 is 2.53 bits per heavy atom. The second kappa shape index (κ2) is 4.45. The van der Waals surface area contributed by atoms with Gasteiger partial charge in [0.15, 0.2) is 0 Å². The van der Waals surface area contributed by atoms with Crippen LogP contribution in [0.5, 0.6) is 0 Å². The van der Waals surface area contributed by atoms with Gasteiger partial charge < -0.3 is 5.32 Å². The largest absolute Gasteiger partial charge is 0.305 e. The van der Waals surface area contributed by atoms with Gasteiger partial charge in [-0.3, -0.25) is 0 Å². The quantitative estimate of drug-likeness (QED) is 0.786. The standard InChI is InChI=1S/C11H13F2N.ClH/c1-8-4-2-3-5-9(8)10-11(12,13)6-7-14-10;/h2-5,10,14H,6-7H2,1H3;1H. The van der Waals surface area contributed by atoms with Crippen LogP contribution < -0.4 is 5.32 Å². The molecule has 0 spiro atoms. The molecule has 0 bridgehead atoms. The molecule has 0 radical (unpaired) electrons. The molecule has 1 N–H and O–H groups in total.